The molecule has 14 heavy (non-hydrogen) atoms. The van der Waals surface area contributed by atoms with Gasteiger partial charge in [-0.25, -0.2) is 0 Å². The average molecular weight is 201 g/mol. The molecule has 1 aliphatic rings. The van der Waals surface area contributed by atoms with Gasteiger partial charge in [-0.05, 0) is 31.7 Å². The van der Waals surface area contributed by atoms with Gasteiger partial charge in [0.15, 0.2) is 0 Å². The molecule has 3 heteroatoms. The minimum Gasteiger partial charge on any atom is -0.385 e. The zero-order valence-electron chi connectivity index (χ0n) is 9.21. The third-order valence-corrected chi connectivity index (χ3v) is 2.97. The molecule has 0 bridgehead atoms. The Balaban J connectivity index is 2.13. The maximum Gasteiger partial charge on any atom is 0.0615 e. The van der Waals surface area contributed by atoms with Crippen LogP contribution in [0, 0.1) is 5.92 Å². The number of hydrogen-bond acceptors (Lipinski definition) is 3. The van der Waals surface area contributed by atoms with Gasteiger partial charge in [-0.15, -0.1) is 0 Å². The highest BCUT2D eigenvalue weighted by Gasteiger charge is 2.24. The van der Waals surface area contributed by atoms with Crippen LogP contribution in [0.1, 0.15) is 32.1 Å². The van der Waals surface area contributed by atoms with Crippen molar-refractivity contribution < 1.29 is 9.47 Å². The second-order valence-electron chi connectivity index (χ2n) is 4.04. The topological polar surface area (TPSA) is 44.5 Å². The number of nitrogens with two attached hydrogens (primary N) is 1. The molecule has 2 unspecified atom stereocenters. The average Bonchev–Trinajstić information content (AvgIpc) is 2.25. The predicted molar refractivity (Wildman–Crippen MR) is 57.2 cm³/mol. The minimum absolute atomic E-state index is 0.408. The van der Waals surface area contributed by atoms with Crippen LogP contribution in [0.4, 0.5) is 0 Å². The highest BCUT2D eigenvalue weighted by molar-refractivity contribution is 4.76. The Hall–Kier alpha value is -0.120. The predicted octanol–water partition coefficient (Wildman–Crippen LogP) is 1.56. The second kappa shape index (κ2) is 7.21. The smallest absolute Gasteiger partial charge is 0.0615 e. The molecule has 0 aromatic carbocycles. The van der Waals surface area contributed by atoms with E-state index < -0.39 is 0 Å². The lowest BCUT2D eigenvalue weighted by atomic mass is 9.86. The van der Waals surface area contributed by atoms with Crippen LogP contribution < -0.4 is 5.73 Å². The molecule has 0 aromatic heterocycles. The van der Waals surface area contributed by atoms with Crippen LogP contribution in [0.3, 0.4) is 0 Å². The van der Waals surface area contributed by atoms with Crippen molar-refractivity contribution in [3.8, 4) is 0 Å². The number of methoxy groups -OCH3 is 1. The molecule has 0 saturated heterocycles. The molecule has 2 N–H and O–H groups in total. The molecule has 2 atom stereocenters. The van der Waals surface area contributed by atoms with Gasteiger partial charge in [0.2, 0.25) is 0 Å². The van der Waals surface area contributed by atoms with E-state index in [0.29, 0.717) is 12.0 Å². The molecular weight excluding hydrogens is 178 g/mol. The SMILES string of the molecule is COCCCOC1CCCCC1CN. The van der Waals surface area contributed by atoms with Crippen molar-refractivity contribution in [1.29, 1.82) is 0 Å². The maximum absolute atomic E-state index is 5.83. The summed E-state index contributed by atoms with van der Waals surface area (Å²) in [6, 6.07) is 0. The van der Waals surface area contributed by atoms with Crippen molar-refractivity contribution in [1.82, 2.24) is 0 Å². The van der Waals surface area contributed by atoms with E-state index in [-0.39, 0.29) is 0 Å². The summed E-state index contributed by atoms with van der Waals surface area (Å²) in [5.41, 5.74) is 5.72. The Morgan fingerprint density at radius 3 is 2.71 bits per heavy atom. The molecule has 0 aromatic rings. The summed E-state index contributed by atoms with van der Waals surface area (Å²) in [4.78, 5) is 0. The van der Waals surface area contributed by atoms with Crippen molar-refractivity contribution in [2.45, 2.75) is 38.2 Å². The normalized spacial score (nSPS) is 27.9. The van der Waals surface area contributed by atoms with Crippen LogP contribution in [0.25, 0.3) is 0 Å². The van der Waals surface area contributed by atoms with Crippen LogP contribution in [-0.4, -0.2) is 33.0 Å². The Morgan fingerprint density at radius 2 is 2.00 bits per heavy atom. The van der Waals surface area contributed by atoms with Gasteiger partial charge in [0.05, 0.1) is 6.10 Å². The first-order chi connectivity index (χ1) is 6.88. The van der Waals surface area contributed by atoms with Crippen LogP contribution in [0.5, 0.6) is 0 Å². The van der Waals surface area contributed by atoms with E-state index in [2.05, 4.69) is 0 Å². The summed E-state index contributed by atoms with van der Waals surface area (Å²) in [5.74, 6) is 0.589. The van der Waals surface area contributed by atoms with Crippen LogP contribution in [-0.2, 0) is 9.47 Å². The van der Waals surface area contributed by atoms with Crippen molar-refractivity contribution >= 4 is 0 Å². The number of hydrogen-bond donors (Lipinski definition) is 1. The minimum atomic E-state index is 0.408. The molecule has 0 radical (unpaired) electrons. The third-order valence-electron chi connectivity index (χ3n) is 2.97. The van der Waals surface area contributed by atoms with Crippen molar-refractivity contribution in [2.24, 2.45) is 11.7 Å². The van der Waals surface area contributed by atoms with Gasteiger partial charge in [-0.2, -0.15) is 0 Å². The van der Waals surface area contributed by atoms with E-state index in [4.69, 9.17) is 15.2 Å². The summed E-state index contributed by atoms with van der Waals surface area (Å²) in [6.45, 7) is 2.38. The first kappa shape index (κ1) is 12.0. The lowest BCUT2D eigenvalue weighted by molar-refractivity contribution is -0.0147. The van der Waals surface area contributed by atoms with Gasteiger partial charge in [0, 0.05) is 20.3 Å². The van der Waals surface area contributed by atoms with E-state index in [1.165, 1.54) is 25.7 Å². The fourth-order valence-corrected chi connectivity index (χ4v) is 2.10. The van der Waals surface area contributed by atoms with Crippen molar-refractivity contribution in [3.63, 3.8) is 0 Å². The highest BCUT2D eigenvalue weighted by atomic mass is 16.5. The molecule has 1 fully saturated rings. The highest BCUT2D eigenvalue weighted by Crippen LogP contribution is 2.25. The molecule has 0 spiro atoms. The van der Waals surface area contributed by atoms with Crippen LogP contribution in [0.15, 0.2) is 0 Å². The first-order valence-electron chi connectivity index (χ1n) is 5.69. The fourth-order valence-electron chi connectivity index (χ4n) is 2.10. The molecule has 0 amide bonds. The molecule has 1 aliphatic carbocycles. The van der Waals surface area contributed by atoms with Gasteiger partial charge in [-0.3, -0.25) is 0 Å². The van der Waals surface area contributed by atoms with E-state index in [0.717, 1.165) is 26.2 Å². The monoisotopic (exact) mass is 201 g/mol. The maximum atomic E-state index is 5.83. The van der Waals surface area contributed by atoms with Crippen molar-refractivity contribution in [3.05, 3.63) is 0 Å². The Morgan fingerprint density at radius 1 is 1.21 bits per heavy atom. The standard InChI is InChI=1S/C11H23NO2/c1-13-7-4-8-14-11-6-3-2-5-10(11)9-12/h10-11H,2-9,12H2,1H3. The first-order valence-corrected chi connectivity index (χ1v) is 5.69. The molecule has 0 heterocycles. The zero-order chi connectivity index (χ0) is 10.2. The van der Waals surface area contributed by atoms with Crippen LogP contribution >= 0.6 is 0 Å². The summed E-state index contributed by atoms with van der Waals surface area (Å²) in [7, 11) is 1.73. The summed E-state index contributed by atoms with van der Waals surface area (Å²) in [5, 5.41) is 0. The Bertz CT molecular complexity index is 141. The van der Waals surface area contributed by atoms with Gasteiger partial charge >= 0.3 is 0 Å². The van der Waals surface area contributed by atoms with Gasteiger partial charge in [0.1, 0.15) is 0 Å². The van der Waals surface area contributed by atoms with E-state index in [1.54, 1.807) is 7.11 Å². The van der Waals surface area contributed by atoms with Crippen molar-refractivity contribution in [2.75, 3.05) is 26.9 Å². The largest absolute Gasteiger partial charge is 0.385 e. The van der Waals surface area contributed by atoms with E-state index >= 15 is 0 Å². The zero-order valence-corrected chi connectivity index (χ0v) is 9.21. The number of ether oxygens (including phenoxy) is 2. The van der Waals surface area contributed by atoms with Gasteiger partial charge < -0.3 is 15.2 Å². The van der Waals surface area contributed by atoms with Gasteiger partial charge in [-0.1, -0.05) is 12.8 Å². The molecule has 84 valence electrons. The molecule has 1 rings (SSSR count). The molecule has 1 saturated carbocycles. The van der Waals surface area contributed by atoms with E-state index in [9.17, 15) is 0 Å². The summed E-state index contributed by atoms with van der Waals surface area (Å²) in [6.07, 6.45) is 6.45. The third kappa shape index (κ3) is 3.95. The van der Waals surface area contributed by atoms with Gasteiger partial charge in [0.25, 0.3) is 0 Å². The summed E-state index contributed by atoms with van der Waals surface area (Å²) >= 11 is 0. The molecule has 3 nitrogen and oxygen atoms in total. The van der Waals surface area contributed by atoms with E-state index in [1.807, 2.05) is 0 Å². The molecule has 0 aliphatic heterocycles. The fraction of sp³-hybridized carbons (Fsp3) is 1.00. The Labute approximate surface area is 86.9 Å². The Kier molecular flexibility index (Phi) is 6.15. The summed E-state index contributed by atoms with van der Waals surface area (Å²) < 4.78 is 10.8. The second-order valence-corrected chi connectivity index (χ2v) is 4.04. The molecular formula is C11H23NO2. The number of rotatable bonds is 6. The van der Waals surface area contributed by atoms with Crippen LogP contribution in [0.2, 0.25) is 0 Å². The lowest BCUT2D eigenvalue weighted by Gasteiger charge is -2.30. The lowest BCUT2D eigenvalue weighted by Crippen LogP contribution is -2.33. The quantitative estimate of drug-likeness (QED) is 0.663.